The molecule has 0 bridgehead atoms. The predicted octanol–water partition coefficient (Wildman–Crippen LogP) is 2.85. The third-order valence-electron chi connectivity index (χ3n) is 4.29. The minimum Gasteiger partial charge on any atom is -0.493 e. The second-order valence-electron chi connectivity index (χ2n) is 5.95. The van der Waals surface area contributed by atoms with Crippen LogP contribution in [0.5, 0.6) is 5.75 Å². The number of benzene rings is 1. The quantitative estimate of drug-likeness (QED) is 0.915. The van der Waals surface area contributed by atoms with Crippen LogP contribution in [0, 0.1) is 13.8 Å². The van der Waals surface area contributed by atoms with Gasteiger partial charge in [0.1, 0.15) is 5.75 Å². The molecular formula is C17H22N4O2. The molecule has 0 unspecified atom stereocenters. The van der Waals surface area contributed by atoms with Crippen LogP contribution in [0.15, 0.2) is 18.2 Å². The van der Waals surface area contributed by atoms with E-state index in [1.807, 2.05) is 50.7 Å². The van der Waals surface area contributed by atoms with Crippen molar-refractivity contribution in [2.75, 3.05) is 11.9 Å². The molecule has 1 aromatic heterocycles. The standard InChI is InChI=1S/C17H22N4O2/c1-10(16-11(2)20-21(4)12(16)3)18-17(22)19-14-5-6-15-13(9-14)7-8-23-15/h5-6,9-10H,7-8H2,1-4H3,(H2,18,19,22)/t10-/m1/s1. The van der Waals surface area contributed by atoms with Gasteiger partial charge in [0.05, 0.1) is 18.3 Å². The first-order chi connectivity index (χ1) is 11.0. The molecule has 1 aliphatic rings. The molecular weight excluding hydrogens is 292 g/mol. The van der Waals surface area contributed by atoms with Crippen molar-refractivity contribution in [3.63, 3.8) is 0 Å². The molecule has 3 rings (SSSR count). The van der Waals surface area contributed by atoms with E-state index in [1.54, 1.807) is 0 Å². The maximum atomic E-state index is 12.2. The molecule has 0 radical (unpaired) electrons. The fraction of sp³-hybridized carbons (Fsp3) is 0.412. The smallest absolute Gasteiger partial charge is 0.319 e. The normalized spacial score (nSPS) is 14.1. The molecule has 2 N–H and O–H groups in total. The molecule has 2 heterocycles. The van der Waals surface area contributed by atoms with Crippen molar-refractivity contribution in [2.45, 2.75) is 33.2 Å². The molecule has 6 heteroatoms. The third kappa shape index (κ3) is 3.02. The summed E-state index contributed by atoms with van der Waals surface area (Å²) in [6, 6.07) is 5.39. The summed E-state index contributed by atoms with van der Waals surface area (Å²) in [5, 5.41) is 10.3. The second kappa shape index (κ2) is 5.95. The van der Waals surface area contributed by atoms with Crippen LogP contribution in [0.4, 0.5) is 10.5 Å². The number of aryl methyl sites for hydroxylation is 2. The summed E-state index contributed by atoms with van der Waals surface area (Å²) in [7, 11) is 1.91. The topological polar surface area (TPSA) is 68.2 Å². The summed E-state index contributed by atoms with van der Waals surface area (Å²) in [6.45, 7) is 6.64. The van der Waals surface area contributed by atoms with Crippen molar-refractivity contribution >= 4 is 11.7 Å². The highest BCUT2D eigenvalue weighted by Gasteiger charge is 2.18. The predicted molar refractivity (Wildman–Crippen MR) is 88.9 cm³/mol. The number of nitrogens with one attached hydrogen (secondary N) is 2. The molecule has 1 aliphatic heterocycles. The summed E-state index contributed by atoms with van der Waals surface area (Å²) in [6.07, 6.45) is 0.886. The van der Waals surface area contributed by atoms with E-state index >= 15 is 0 Å². The van der Waals surface area contributed by atoms with Gasteiger partial charge in [-0.3, -0.25) is 4.68 Å². The van der Waals surface area contributed by atoms with Crippen LogP contribution in [0.2, 0.25) is 0 Å². The highest BCUT2D eigenvalue weighted by Crippen LogP contribution is 2.28. The Kier molecular flexibility index (Phi) is 3.98. The molecule has 6 nitrogen and oxygen atoms in total. The number of fused-ring (bicyclic) bond motifs is 1. The third-order valence-corrected chi connectivity index (χ3v) is 4.29. The fourth-order valence-corrected chi connectivity index (χ4v) is 3.12. The lowest BCUT2D eigenvalue weighted by molar-refractivity contribution is 0.249. The van der Waals surface area contributed by atoms with Gasteiger partial charge < -0.3 is 15.4 Å². The number of hydrogen-bond donors (Lipinski definition) is 2. The van der Waals surface area contributed by atoms with E-state index in [0.29, 0.717) is 6.61 Å². The minimum absolute atomic E-state index is 0.110. The van der Waals surface area contributed by atoms with Gasteiger partial charge in [0.25, 0.3) is 0 Å². The van der Waals surface area contributed by atoms with E-state index in [1.165, 1.54) is 0 Å². The molecule has 0 saturated heterocycles. The SMILES string of the molecule is Cc1nn(C)c(C)c1[C@@H](C)NC(=O)Nc1ccc2c(c1)CCO2. The Morgan fingerprint density at radius 3 is 2.87 bits per heavy atom. The van der Waals surface area contributed by atoms with Gasteiger partial charge in [-0.1, -0.05) is 0 Å². The zero-order chi connectivity index (χ0) is 16.6. The highest BCUT2D eigenvalue weighted by atomic mass is 16.5. The number of amides is 2. The first-order valence-electron chi connectivity index (χ1n) is 7.79. The fourth-order valence-electron chi connectivity index (χ4n) is 3.12. The Balaban J connectivity index is 1.67. The molecule has 0 fully saturated rings. The molecule has 2 aromatic rings. The van der Waals surface area contributed by atoms with Crippen molar-refractivity contribution in [1.29, 1.82) is 0 Å². The van der Waals surface area contributed by atoms with Gasteiger partial charge in [0.15, 0.2) is 0 Å². The molecule has 0 spiro atoms. The van der Waals surface area contributed by atoms with Crippen LogP contribution < -0.4 is 15.4 Å². The first-order valence-corrected chi connectivity index (χ1v) is 7.79. The van der Waals surface area contributed by atoms with E-state index in [4.69, 9.17) is 4.74 Å². The zero-order valence-corrected chi connectivity index (χ0v) is 13.9. The van der Waals surface area contributed by atoms with Gasteiger partial charge >= 0.3 is 6.03 Å². The van der Waals surface area contributed by atoms with E-state index in [2.05, 4.69) is 15.7 Å². The van der Waals surface area contributed by atoms with Crippen LogP contribution in [-0.2, 0) is 13.5 Å². The molecule has 1 atom stereocenters. The molecule has 0 saturated carbocycles. The molecule has 122 valence electrons. The summed E-state index contributed by atoms with van der Waals surface area (Å²) >= 11 is 0. The maximum absolute atomic E-state index is 12.2. The van der Waals surface area contributed by atoms with Gasteiger partial charge in [-0.15, -0.1) is 0 Å². The molecule has 0 aliphatic carbocycles. The van der Waals surface area contributed by atoms with Crippen LogP contribution in [0.3, 0.4) is 0 Å². The van der Waals surface area contributed by atoms with Crippen molar-refractivity contribution in [2.24, 2.45) is 7.05 Å². The van der Waals surface area contributed by atoms with Gasteiger partial charge in [-0.05, 0) is 44.5 Å². The second-order valence-corrected chi connectivity index (χ2v) is 5.95. The highest BCUT2D eigenvalue weighted by molar-refractivity contribution is 5.89. The Morgan fingerprint density at radius 1 is 1.39 bits per heavy atom. The number of carbonyl (C=O) groups excluding carboxylic acids is 1. The van der Waals surface area contributed by atoms with Gasteiger partial charge in [0.2, 0.25) is 0 Å². The number of ether oxygens (including phenoxy) is 1. The van der Waals surface area contributed by atoms with Gasteiger partial charge in [-0.2, -0.15) is 5.10 Å². The largest absolute Gasteiger partial charge is 0.493 e. The van der Waals surface area contributed by atoms with Gasteiger partial charge in [-0.25, -0.2) is 4.79 Å². The Bertz CT molecular complexity index is 751. The minimum atomic E-state index is -0.223. The number of rotatable bonds is 3. The van der Waals surface area contributed by atoms with E-state index < -0.39 is 0 Å². The van der Waals surface area contributed by atoms with Crippen molar-refractivity contribution in [3.05, 3.63) is 40.7 Å². The Labute approximate surface area is 135 Å². The summed E-state index contributed by atoms with van der Waals surface area (Å²) < 4.78 is 7.31. The molecule has 23 heavy (non-hydrogen) atoms. The number of hydrogen-bond acceptors (Lipinski definition) is 3. The number of anilines is 1. The number of urea groups is 1. The van der Waals surface area contributed by atoms with E-state index in [-0.39, 0.29) is 12.1 Å². The Hall–Kier alpha value is -2.50. The average Bonchev–Trinajstić information content (AvgIpc) is 3.03. The summed E-state index contributed by atoms with van der Waals surface area (Å²) in [5.74, 6) is 0.908. The Morgan fingerprint density at radius 2 is 2.17 bits per heavy atom. The maximum Gasteiger partial charge on any atom is 0.319 e. The average molecular weight is 314 g/mol. The van der Waals surface area contributed by atoms with Gasteiger partial charge in [0, 0.05) is 30.4 Å². The van der Waals surface area contributed by atoms with E-state index in [0.717, 1.165) is 40.4 Å². The van der Waals surface area contributed by atoms with E-state index in [9.17, 15) is 4.79 Å². The van der Waals surface area contributed by atoms with Crippen molar-refractivity contribution in [1.82, 2.24) is 15.1 Å². The molecule has 1 aromatic carbocycles. The lowest BCUT2D eigenvalue weighted by atomic mass is 10.1. The summed E-state index contributed by atoms with van der Waals surface area (Å²) in [5.41, 5.74) is 4.97. The van der Waals surface area contributed by atoms with Crippen LogP contribution >= 0.6 is 0 Å². The first kappa shape index (κ1) is 15.4. The lowest BCUT2D eigenvalue weighted by Gasteiger charge is -2.16. The van der Waals surface area contributed by atoms with Crippen LogP contribution in [0.25, 0.3) is 0 Å². The molecule has 2 amide bonds. The zero-order valence-electron chi connectivity index (χ0n) is 13.9. The van der Waals surface area contributed by atoms with Crippen molar-refractivity contribution < 1.29 is 9.53 Å². The number of nitrogens with zero attached hydrogens (tertiary/aromatic N) is 2. The number of aromatic nitrogens is 2. The van der Waals surface area contributed by atoms with Crippen molar-refractivity contribution in [3.8, 4) is 5.75 Å². The number of carbonyl (C=O) groups is 1. The lowest BCUT2D eigenvalue weighted by Crippen LogP contribution is -2.31. The monoisotopic (exact) mass is 314 g/mol. The van der Waals surface area contributed by atoms with Crippen LogP contribution in [0.1, 0.15) is 35.5 Å². The summed E-state index contributed by atoms with van der Waals surface area (Å²) in [4.78, 5) is 12.2. The van der Waals surface area contributed by atoms with Crippen LogP contribution in [-0.4, -0.2) is 22.4 Å².